The van der Waals surface area contributed by atoms with Gasteiger partial charge in [0.05, 0.1) is 5.56 Å². The number of rotatable bonds is 2. The zero-order valence-corrected chi connectivity index (χ0v) is 10.9. The Labute approximate surface area is 115 Å². The Morgan fingerprint density at radius 1 is 1.20 bits per heavy atom. The highest BCUT2D eigenvalue weighted by Gasteiger charge is 2.37. The summed E-state index contributed by atoms with van der Waals surface area (Å²) in [5.41, 5.74) is -0.402. The van der Waals surface area contributed by atoms with Gasteiger partial charge in [0.1, 0.15) is 0 Å². The van der Waals surface area contributed by atoms with E-state index in [4.69, 9.17) is 9.47 Å². The van der Waals surface area contributed by atoms with Crippen LogP contribution in [0.5, 0.6) is 11.5 Å². The van der Waals surface area contributed by atoms with Crippen LogP contribution in [-0.2, 0) is 12.6 Å². The molecule has 0 aliphatic carbocycles. The van der Waals surface area contributed by atoms with Crippen molar-refractivity contribution < 1.29 is 22.6 Å². The highest BCUT2D eigenvalue weighted by molar-refractivity contribution is 5.53. The zero-order valence-electron chi connectivity index (χ0n) is 10.9. The quantitative estimate of drug-likeness (QED) is 0.906. The minimum atomic E-state index is -4.37. The van der Waals surface area contributed by atoms with Crippen molar-refractivity contribution in [1.29, 1.82) is 0 Å². The molecule has 1 aromatic carbocycles. The van der Waals surface area contributed by atoms with Crippen molar-refractivity contribution in [2.75, 3.05) is 13.3 Å². The first kappa shape index (κ1) is 13.5. The standard InChI is InChI=1S/C14H16F3NO2/c15-14(16,17)11-4-5-12-13(20-8-19-12)10(11)7-9-3-1-2-6-18-9/h4-5,9,18H,1-3,6-8H2. The topological polar surface area (TPSA) is 30.5 Å². The summed E-state index contributed by atoms with van der Waals surface area (Å²) in [7, 11) is 0. The normalized spacial score (nSPS) is 22.1. The summed E-state index contributed by atoms with van der Waals surface area (Å²) in [4.78, 5) is 0. The second kappa shape index (κ2) is 5.16. The van der Waals surface area contributed by atoms with E-state index >= 15 is 0 Å². The fourth-order valence-corrected chi connectivity index (χ4v) is 2.84. The van der Waals surface area contributed by atoms with Gasteiger partial charge in [-0.2, -0.15) is 13.2 Å². The van der Waals surface area contributed by atoms with Crippen LogP contribution in [0.25, 0.3) is 0 Å². The van der Waals surface area contributed by atoms with Gasteiger partial charge in [-0.05, 0) is 37.9 Å². The summed E-state index contributed by atoms with van der Waals surface area (Å²) < 4.78 is 49.9. The van der Waals surface area contributed by atoms with E-state index in [1.54, 1.807) is 0 Å². The van der Waals surface area contributed by atoms with Gasteiger partial charge in [0, 0.05) is 11.6 Å². The van der Waals surface area contributed by atoms with Crippen LogP contribution in [0.1, 0.15) is 30.4 Å². The lowest BCUT2D eigenvalue weighted by Crippen LogP contribution is -2.36. The Morgan fingerprint density at radius 2 is 2.05 bits per heavy atom. The van der Waals surface area contributed by atoms with Gasteiger partial charge < -0.3 is 14.8 Å². The molecule has 0 aromatic heterocycles. The molecule has 0 saturated carbocycles. The Hall–Kier alpha value is -1.43. The molecule has 3 nitrogen and oxygen atoms in total. The molecule has 1 N–H and O–H groups in total. The van der Waals surface area contributed by atoms with Gasteiger partial charge in [0.2, 0.25) is 6.79 Å². The van der Waals surface area contributed by atoms with Gasteiger partial charge in [-0.3, -0.25) is 0 Å². The molecule has 0 spiro atoms. The Balaban J connectivity index is 1.95. The van der Waals surface area contributed by atoms with Gasteiger partial charge in [-0.25, -0.2) is 0 Å². The molecule has 0 amide bonds. The van der Waals surface area contributed by atoms with Crippen LogP contribution >= 0.6 is 0 Å². The molecule has 20 heavy (non-hydrogen) atoms. The van der Waals surface area contributed by atoms with Crippen molar-refractivity contribution in [1.82, 2.24) is 5.32 Å². The van der Waals surface area contributed by atoms with Crippen molar-refractivity contribution in [3.8, 4) is 11.5 Å². The van der Waals surface area contributed by atoms with E-state index in [0.29, 0.717) is 12.2 Å². The van der Waals surface area contributed by atoms with Gasteiger partial charge in [0.25, 0.3) is 0 Å². The van der Waals surface area contributed by atoms with Gasteiger partial charge in [-0.1, -0.05) is 6.42 Å². The number of halogens is 3. The lowest BCUT2D eigenvalue weighted by molar-refractivity contribution is -0.138. The number of alkyl halides is 3. The smallest absolute Gasteiger partial charge is 0.416 e. The van der Waals surface area contributed by atoms with Crippen molar-refractivity contribution >= 4 is 0 Å². The first-order chi connectivity index (χ1) is 9.55. The molecule has 3 rings (SSSR count). The van der Waals surface area contributed by atoms with E-state index in [0.717, 1.165) is 31.9 Å². The second-order valence-corrected chi connectivity index (χ2v) is 5.17. The Morgan fingerprint density at radius 3 is 2.75 bits per heavy atom. The number of hydrogen-bond donors (Lipinski definition) is 1. The molecular formula is C14H16F3NO2. The first-order valence-electron chi connectivity index (χ1n) is 6.78. The molecule has 1 unspecified atom stereocenters. The maximum atomic E-state index is 13.2. The SMILES string of the molecule is FC(F)(F)c1ccc2c(c1CC1CCCCN1)OCO2. The molecule has 0 radical (unpaired) electrons. The largest absolute Gasteiger partial charge is 0.454 e. The van der Waals surface area contributed by atoms with E-state index in [1.165, 1.54) is 6.07 Å². The minimum absolute atomic E-state index is 0.0122. The molecule has 1 aromatic rings. The van der Waals surface area contributed by atoms with Crippen molar-refractivity contribution in [2.45, 2.75) is 37.9 Å². The third-order valence-corrected chi connectivity index (χ3v) is 3.81. The van der Waals surface area contributed by atoms with Crippen molar-refractivity contribution in [2.24, 2.45) is 0 Å². The van der Waals surface area contributed by atoms with E-state index < -0.39 is 11.7 Å². The van der Waals surface area contributed by atoms with Gasteiger partial charge in [-0.15, -0.1) is 0 Å². The molecular weight excluding hydrogens is 271 g/mol. The number of fused-ring (bicyclic) bond motifs is 1. The summed E-state index contributed by atoms with van der Waals surface area (Å²) in [5, 5.41) is 3.27. The van der Waals surface area contributed by atoms with Crippen LogP contribution in [-0.4, -0.2) is 19.4 Å². The highest BCUT2D eigenvalue weighted by Crippen LogP contribution is 2.43. The molecule has 110 valence electrons. The number of benzene rings is 1. The fourth-order valence-electron chi connectivity index (χ4n) is 2.84. The van der Waals surface area contributed by atoms with Crippen molar-refractivity contribution in [3.05, 3.63) is 23.3 Å². The maximum Gasteiger partial charge on any atom is 0.416 e. The summed E-state index contributed by atoms with van der Waals surface area (Å²) in [5.74, 6) is 0.663. The molecule has 2 aliphatic heterocycles. The van der Waals surface area contributed by atoms with Crippen LogP contribution in [0.4, 0.5) is 13.2 Å². The average Bonchev–Trinajstić information content (AvgIpc) is 2.87. The average molecular weight is 287 g/mol. The number of nitrogens with one attached hydrogen (secondary N) is 1. The van der Waals surface area contributed by atoms with Crippen LogP contribution < -0.4 is 14.8 Å². The molecule has 0 bridgehead atoms. The molecule has 6 heteroatoms. The maximum absolute atomic E-state index is 13.2. The van der Waals surface area contributed by atoms with Crippen LogP contribution in [0.3, 0.4) is 0 Å². The predicted molar refractivity (Wildman–Crippen MR) is 66.9 cm³/mol. The number of hydrogen-bond acceptors (Lipinski definition) is 3. The van der Waals surface area contributed by atoms with E-state index in [1.807, 2.05) is 0 Å². The van der Waals surface area contributed by atoms with Gasteiger partial charge >= 0.3 is 6.18 Å². The van der Waals surface area contributed by atoms with Gasteiger partial charge in [0.15, 0.2) is 11.5 Å². The van der Waals surface area contributed by atoms with Crippen LogP contribution in [0.2, 0.25) is 0 Å². The highest BCUT2D eigenvalue weighted by atomic mass is 19.4. The first-order valence-corrected chi connectivity index (χ1v) is 6.78. The summed E-state index contributed by atoms with van der Waals surface area (Å²) in [6, 6.07) is 2.50. The molecule has 1 saturated heterocycles. The minimum Gasteiger partial charge on any atom is -0.454 e. The number of piperidine rings is 1. The lowest BCUT2D eigenvalue weighted by Gasteiger charge is -2.25. The van der Waals surface area contributed by atoms with E-state index in [9.17, 15) is 13.2 Å². The number of ether oxygens (including phenoxy) is 2. The summed E-state index contributed by atoms with van der Waals surface area (Å²) in [6.45, 7) is 0.847. The second-order valence-electron chi connectivity index (χ2n) is 5.17. The zero-order chi connectivity index (χ0) is 14.2. The Kier molecular flexibility index (Phi) is 3.50. The van der Waals surface area contributed by atoms with Crippen LogP contribution in [0.15, 0.2) is 12.1 Å². The summed E-state index contributed by atoms with van der Waals surface area (Å²) >= 11 is 0. The van der Waals surface area contributed by atoms with Crippen molar-refractivity contribution in [3.63, 3.8) is 0 Å². The molecule has 2 heterocycles. The van der Waals surface area contributed by atoms with E-state index in [-0.39, 0.29) is 24.1 Å². The molecule has 2 aliphatic rings. The molecule has 1 atom stereocenters. The fraction of sp³-hybridized carbons (Fsp3) is 0.571. The third-order valence-electron chi connectivity index (χ3n) is 3.81. The van der Waals surface area contributed by atoms with E-state index in [2.05, 4.69) is 5.32 Å². The molecule has 1 fully saturated rings. The Bertz CT molecular complexity index is 496. The lowest BCUT2D eigenvalue weighted by atomic mass is 9.93. The predicted octanol–water partition coefficient (Wildman–Crippen LogP) is 3.12. The van der Waals surface area contributed by atoms with Crippen LogP contribution in [0, 0.1) is 0 Å². The summed E-state index contributed by atoms with van der Waals surface area (Å²) in [6.07, 6.45) is -1.03. The third kappa shape index (κ3) is 2.57. The monoisotopic (exact) mass is 287 g/mol.